The third-order valence-corrected chi connectivity index (χ3v) is 2.66. The van der Waals surface area contributed by atoms with Gasteiger partial charge in [0.25, 0.3) is 0 Å². The van der Waals surface area contributed by atoms with Crippen LogP contribution in [0, 0.1) is 5.82 Å². The van der Waals surface area contributed by atoms with Crippen molar-refractivity contribution in [3.63, 3.8) is 0 Å². The molecule has 1 aromatic carbocycles. The Morgan fingerprint density at radius 2 is 2.13 bits per heavy atom. The molecule has 0 radical (unpaired) electrons. The fourth-order valence-corrected chi connectivity index (χ4v) is 1.70. The van der Waals surface area contributed by atoms with Gasteiger partial charge in [0.1, 0.15) is 5.82 Å². The van der Waals surface area contributed by atoms with Crippen LogP contribution in [0.2, 0.25) is 0 Å². The van der Waals surface area contributed by atoms with Crippen molar-refractivity contribution in [2.24, 2.45) is 0 Å². The highest BCUT2D eigenvalue weighted by molar-refractivity contribution is 9.09. The summed E-state index contributed by atoms with van der Waals surface area (Å²) in [5.41, 5.74) is 6.20. The smallest absolute Gasteiger partial charge is 0.164 e. The van der Waals surface area contributed by atoms with Crippen molar-refractivity contribution in [3.8, 4) is 0 Å². The number of carbonyl (C=O) groups excluding carboxylic acids is 1. The van der Waals surface area contributed by atoms with Crippen LogP contribution in [-0.2, 0) is 0 Å². The van der Waals surface area contributed by atoms with E-state index in [1.54, 1.807) is 0 Å². The number of Topliss-reactive ketones (excluding diaryl/α,β-unsaturated/α-hetero) is 1. The molecule has 4 heteroatoms. The molecule has 15 heavy (non-hydrogen) atoms. The number of anilines is 1. The van der Waals surface area contributed by atoms with E-state index >= 15 is 0 Å². The molecular formula is C11H13BrFNO. The van der Waals surface area contributed by atoms with Crippen molar-refractivity contribution in [1.29, 1.82) is 0 Å². The zero-order chi connectivity index (χ0) is 11.3. The van der Waals surface area contributed by atoms with Gasteiger partial charge in [0.15, 0.2) is 5.78 Å². The van der Waals surface area contributed by atoms with Crippen LogP contribution in [0.5, 0.6) is 0 Å². The number of ketones is 1. The molecule has 2 nitrogen and oxygen atoms in total. The summed E-state index contributed by atoms with van der Waals surface area (Å²) < 4.78 is 12.7. The number of carbonyl (C=O) groups is 1. The number of halogens is 2. The summed E-state index contributed by atoms with van der Waals surface area (Å²) in [7, 11) is 0. The minimum Gasteiger partial charge on any atom is -0.398 e. The summed E-state index contributed by atoms with van der Waals surface area (Å²) in [4.78, 5) is 11.6. The van der Waals surface area contributed by atoms with Crippen LogP contribution in [0.1, 0.15) is 29.6 Å². The van der Waals surface area contributed by atoms with E-state index in [1.807, 2.05) is 0 Å². The second-order valence-electron chi connectivity index (χ2n) is 3.30. The van der Waals surface area contributed by atoms with E-state index in [1.165, 1.54) is 18.2 Å². The maximum absolute atomic E-state index is 12.7. The van der Waals surface area contributed by atoms with Gasteiger partial charge in [0.05, 0.1) is 0 Å². The average molecular weight is 274 g/mol. The molecule has 0 fully saturated rings. The number of unbranched alkanes of at least 4 members (excludes halogenated alkanes) is 1. The minimum atomic E-state index is -0.412. The quantitative estimate of drug-likeness (QED) is 0.388. The summed E-state index contributed by atoms with van der Waals surface area (Å²) in [5, 5.41) is 0.888. The molecule has 0 saturated carbocycles. The van der Waals surface area contributed by atoms with E-state index in [0.717, 1.165) is 18.2 Å². The standard InChI is InChI=1S/C11H13BrFNO/c12-6-2-1-3-11(15)9-5-4-8(13)7-10(9)14/h4-5,7H,1-3,6,14H2. The van der Waals surface area contributed by atoms with Crippen LogP contribution in [0.25, 0.3) is 0 Å². The van der Waals surface area contributed by atoms with Gasteiger partial charge in [-0.3, -0.25) is 4.79 Å². The highest BCUT2D eigenvalue weighted by Gasteiger charge is 2.09. The van der Waals surface area contributed by atoms with E-state index in [9.17, 15) is 9.18 Å². The summed E-state index contributed by atoms with van der Waals surface area (Å²) in [5.74, 6) is -0.432. The number of alkyl halides is 1. The van der Waals surface area contributed by atoms with Crippen LogP contribution >= 0.6 is 15.9 Å². The fourth-order valence-electron chi connectivity index (χ4n) is 1.30. The minimum absolute atomic E-state index is 0.0200. The monoisotopic (exact) mass is 273 g/mol. The Labute approximate surface area is 96.8 Å². The number of nitrogen functional groups attached to an aromatic ring is 1. The summed E-state index contributed by atoms with van der Waals surface area (Å²) in [6, 6.07) is 3.88. The van der Waals surface area contributed by atoms with E-state index in [0.29, 0.717) is 12.0 Å². The maximum atomic E-state index is 12.7. The molecule has 0 aliphatic rings. The number of hydrogen-bond acceptors (Lipinski definition) is 2. The van der Waals surface area contributed by atoms with E-state index in [2.05, 4.69) is 15.9 Å². The zero-order valence-electron chi connectivity index (χ0n) is 8.30. The second kappa shape index (κ2) is 5.85. The first-order valence-corrected chi connectivity index (χ1v) is 5.91. The Balaban J connectivity index is 2.65. The molecule has 2 N–H and O–H groups in total. The molecule has 0 spiro atoms. The largest absolute Gasteiger partial charge is 0.398 e. The molecule has 0 amide bonds. The Morgan fingerprint density at radius 1 is 1.40 bits per heavy atom. The van der Waals surface area contributed by atoms with Crippen molar-refractivity contribution in [2.45, 2.75) is 19.3 Å². The third-order valence-electron chi connectivity index (χ3n) is 2.10. The number of hydrogen-bond donors (Lipinski definition) is 1. The van der Waals surface area contributed by atoms with Crippen LogP contribution in [-0.4, -0.2) is 11.1 Å². The normalized spacial score (nSPS) is 10.3. The maximum Gasteiger partial charge on any atom is 0.164 e. The van der Waals surface area contributed by atoms with Crippen molar-refractivity contribution in [1.82, 2.24) is 0 Å². The van der Waals surface area contributed by atoms with Crippen molar-refractivity contribution >= 4 is 27.4 Å². The summed E-state index contributed by atoms with van der Waals surface area (Å²) >= 11 is 3.29. The number of nitrogens with two attached hydrogens (primary N) is 1. The molecule has 0 atom stereocenters. The molecule has 0 bridgehead atoms. The Bertz CT molecular complexity index is 354. The molecular weight excluding hydrogens is 261 g/mol. The van der Waals surface area contributed by atoms with Gasteiger partial charge in [-0.05, 0) is 31.0 Å². The fraction of sp³-hybridized carbons (Fsp3) is 0.364. The van der Waals surface area contributed by atoms with Gasteiger partial charge >= 0.3 is 0 Å². The second-order valence-corrected chi connectivity index (χ2v) is 4.09. The topological polar surface area (TPSA) is 43.1 Å². The van der Waals surface area contributed by atoms with Gasteiger partial charge in [-0.25, -0.2) is 4.39 Å². The Kier molecular flexibility index (Phi) is 4.75. The lowest BCUT2D eigenvalue weighted by molar-refractivity contribution is 0.0981. The van der Waals surface area contributed by atoms with Gasteiger partial charge in [-0.1, -0.05) is 15.9 Å². The first-order valence-electron chi connectivity index (χ1n) is 4.79. The number of benzene rings is 1. The van der Waals surface area contributed by atoms with Gasteiger partial charge in [0, 0.05) is 23.0 Å². The van der Waals surface area contributed by atoms with Gasteiger partial charge in [-0.15, -0.1) is 0 Å². The SMILES string of the molecule is Nc1cc(F)ccc1C(=O)CCCCBr. The Hall–Kier alpha value is -0.900. The highest BCUT2D eigenvalue weighted by atomic mass is 79.9. The average Bonchev–Trinajstić information content (AvgIpc) is 2.17. The van der Waals surface area contributed by atoms with E-state index in [-0.39, 0.29) is 11.5 Å². The first-order chi connectivity index (χ1) is 7.15. The lowest BCUT2D eigenvalue weighted by atomic mass is 10.0. The summed E-state index contributed by atoms with van der Waals surface area (Å²) in [6.45, 7) is 0. The molecule has 0 unspecified atom stereocenters. The van der Waals surface area contributed by atoms with Gasteiger partial charge in [-0.2, -0.15) is 0 Å². The van der Waals surface area contributed by atoms with Crippen molar-refractivity contribution in [3.05, 3.63) is 29.6 Å². The van der Waals surface area contributed by atoms with Gasteiger partial charge in [0.2, 0.25) is 0 Å². The van der Waals surface area contributed by atoms with Crippen LogP contribution in [0.3, 0.4) is 0 Å². The third kappa shape index (κ3) is 3.63. The molecule has 1 aromatic rings. The molecule has 0 aliphatic heterocycles. The molecule has 82 valence electrons. The predicted octanol–water partition coefficient (Wildman–Crippen LogP) is 3.16. The van der Waals surface area contributed by atoms with Crippen molar-refractivity contribution in [2.75, 3.05) is 11.1 Å². The molecule has 0 aromatic heterocycles. The molecule has 0 aliphatic carbocycles. The van der Waals surface area contributed by atoms with E-state index < -0.39 is 5.82 Å². The Morgan fingerprint density at radius 3 is 2.73 bits per heavy atom. The lowest BCUT2D eigenvalue weighted by Crippen LogP contribution is -2.04. The summed E-state index contributed by atoms with van der Waals surface area (Å²) in [6.07, 6.45) is 2.23. The predicted molar refractivity (Wildman–Crippen MR) is 62.8 cm³/mol. The lowest BCUT2D eigenvalue weighted by Gasteiger charge is -2.04. The number of rotatable bonds is 5. The van der Waals surface area contributed by atoms with Crippen LogP contribution < -0.4 is 5.73 Å². The molecule has 0 heterocycles. The zero-order valence-corrected chi connectivity index (χ0v) is 9.89. The van der Waals surface area contributed by atoms with Crippen LogP contribution in [0.4, 0.5) is 10.1 Å². The first kappa shape index (κ1) is 12.2. The van der Waals surface area contributed by atoms with Gasteiger partial charge < -0.3 is 5.73 Å². The van der Waals surface area contributed by atoms with E-state index in [4.69, 9.17) is 5.73 Å². The van der Waals surface area contributed by atoms with Crippen LogP contribution in [0.15, 0.2) is 18.2 Å². The molecule has 1 rings (SSSR count). The molecule has 0 saturated heterocycles. The highest BCUT2D eigenvalue weighted by Crippen LogP contribution is 2.16. The van der Waals surface area contributed by atoms with Crippen molar-refractivity contribution < 1.29 is 9.18 Å².